The molecule has 0 saturated heterocycles. The number of carbonyl (C=O) groups is 1. The number of hydrogen-bond donors (Lipinski definition) is 1. The summed E-state index contributed by atoms with van der Waals surface area (Å²) in [5.74, 6) is -0.372. The maximum Gasteiger partial charge on any atom is 0.330 e. The average Bonchev–Trinajstić information content (AvgIpc) is 2.68. The van der Waals surface area contributed by atoms with Gasteiger partial charge in [-0.2, -0.15) is 0 Å². The zero-order valence-electron chi connectivity index (χ0n) is 8.66. The van der Waals surface area contributed by atoms with Crippen LogP contribution in [0, 0.1) is 0 Å². The van der Waals surface area contributed by atoms with Gasteiger partial charge >= 0.3 is 5.97 Å². The molecule has 0 atom stereocenters. The Morgan fingerprint density at radius 3 is 3.06 bits per heavy atom. The monoisotopic (exact) mass is 235 g/mol. The standard InChI is InChI=1S/C12H10ClNO2/c1-16-12(15)5-2-8-7-14-11-6-9(13)3-4-10(8)11/h2-7,14H,1H3/b5-2+. The molecular formula is C12H10ClNO2. The lowest BCUT2D eigenvalue weighted by molar-refractivity contribution is -0.134. The van der Waals surface area contributed by atoms with E-state index in [0.717, 1.165) is 16.5 Å². The van der Waals surface area contributed by atoms with E-state index in [-0.39, 0.29) is 5.97 Å². The minimum Gasteiger partial charge on any atom is -0.466 e. The molecule has 0 bridgehead atoms. The molecule has 0 radical (unpaired) electrons. The number of fused-ring (bicyclic) bond motifs is 1. The molecule has 0 unspecified atom stereocenters. The highest BCUT2D eigenvalue weighted by molar-refractivity contribution is 6.31. The van der Waals surface area contributed by atoms with Crippen LogP contribution in [0.4, 0.5) is 0 Å². The van der Waals surface area contributed by atoms with Crippen LogP contribution in [-0.4, -0.2) is 18.1 Å². The van der Waals surface area contributed by atoms with Gasteiger partial charge in [-0.3, -0.25) is 0 Å². The lowest BCUT2D eigenvalue weighted by Gasteiger charge is -1.93. The molecule has 0 amide bonds. The molecule has 2 aromatic rings. The fourth-order valence-electron chi connectivity index (χ4n) is 1.48. The largest absolute Gasteiger partial charge is 0.466 e. The van der Waals surface area contributed by atoms with Crippen molar-refractivity contribution in [1.29, 1.82) is 0 Å². The summed E-state index contributed by atoms with van der Waals surface area (Å²) in [6.07, 6.45) is 4.91. The van der Waals surface area contributed by atoms with E-state index >= 15 is 0 Å². The third-order valence-electron chi connectivity index (χ3n) is 2.28. The summed E-state index contributed by atoms with van der Waals surface area (Å²) in [5, 5.41) is 1.70. The summed E-state index contributed by atoms with van der Waals surface area (Å²) in [7, 11) is 1.35. The number of esters is 1. The van der Waals surface area contributed by atoms with Crippen LogP contribution >= 0.6 is 11.6 Å². The maximum atomic E-state index is 11.0. The number of rotatable bonds is 2. The molecule has 82 valence electrons. The minimum absolute atomic E-state index is 0.372. The van der Waals surface area contributed by atoms with Gasteiger partial charge in [0.15, 0.2) is 0 Å². The van der Waals surface area contributed by atoms with E-state index in [4.69, 9.17) is 11.6 Å². The van der Waals surface area contributed by atoms with Gasteiger partial charge < -0.3 is 9.72 Å². The molecule has 2 rings (SSSR count). The first kappa shape index (κ1) is 10.8. The van der Waals surface area contributed by atoms with Crippen LogP contribution in [0.2, 0.25) is 5.02 Å². The van der Waals surface area contributed by atoms with Gasteiger partial charge in [-0.25, -0.2) is 4.79 Å². The third-order valence-corrected chi connectivity index (χ3v) is 2.51. The second-order valence-corrected chi connectivity index (χ2v) is 3.73. The Morgan fingerprint density at radius 1 is 1.50 bits per heavy atom. The minimum atomic E-state index is -0.372. The molecule has 1 aromatic heterocycles. The molecule has 0 saturated carbocycles. The maximum absolute atomic E-state index is 11.0. The predicted molar refractivity (Wildman–Crippen MR) is 64.4 cm³/mol. The summed E-state index contributed by atoms with van der Waals surface area (Å²) >= 11 is 5.87. The zero-order valence-corrected chi connectivity index (χ0v) is 9.41. The second kappa shape index (κ2) is 4.41. The predicted octanol–water partition coefficient (Wildman–Crippen LogP) is 3.01. The highest BCUT2D eigenvalue weighted by Gasteiger charge is 2.01. The molecule has 0 fully saturated rings. The molecule has 4 heteroatoms. The number of nitrogens with one attached hydrogen (secondary N) is 1. The molecular weight excluding hydrogens is 226 g/mol. The number of aromatic nitrogens is 1. The lowest BCUT2D eigenvalue weighted by atomic mass is 10.1. The summed E-state index contributed by atoms with van der Waals surface area (Å²) in [6, 6.07) is 5.56. The van der Waals surface area contributed by atoms with Crippen molar-refractivity contribution in [2.75, 3.05) is 7.11 Å². The van der Waals surface area contributed by atoms with E-state index in [9.17, 15) is 4.79 Å². The fourth-order valence-corrected chi connectivity index (χ4v) is 1.66. The highest BCUT2D eigenvalue weighted by atomic mass is 35.5. The molecule has 0 aliphatic heterocycles. The van der Waals surface area contributed by atoms with Crippen molar-refractivity contribution in [3.05, 3.63) is 41.1 Å². The van der Waals surface area contributed by atoms with Crippen molar-refractivity contribution in [3.8, 4) is 0 Å². The van der Waals surface area contributed by atoms with Gasteiger partial charge in [0.2, 0.25) is 0 Å². The summed E-state index contributed by atoms with van der Waals surface area (Å²) in [4.78, 5) is 14.0. The Hall–Kier alpha value is -1.74. The van der Waals surface area contributed by atoms with Crippen molar-refractivity contribution in [3.63, 3.8) is 0 Å². The van der Waals surface area contributed by atoms with Crippen molar-refractivity contribution < 1.29 is 9.53 Å². The quantitative estimate of drug-likeness (QED) is 0.642. The van der Waals surface area contributed by atoms with Crippen LogP contribution in [0.5, 0.6) is 0 Å². The Balaban J connectivity index is 2.39. The normalized spacial score (nSPS) is 11.1. The van der Waals surface area contributed by atoms with Crippen LogP contribution < -0.4 is 0 Å². The van der Waals surface area contributed by atoms with Gasteiger partial charge in [0, 0.05) is 33.8 Å². The number of benzene rings is 1. The number of H-pyrrole nitrogens is 1. The zero-order chi connectivity index (χ0) is 11.5. The smallest absolute Gasteiger partial charge is 0.330 e. The van der Waals surface area contributed by atoms with E-state index in [0.29, 0.717) is 5.02 Å². The van der Waals surface area contributed by atoms with E-state index in [1.165, 1.54) is 13.2 Å². The highest BCUT2D eigenvalue weighted by Crippen LogP contribution is 2.22. The fraction of sp³-hybridized carbons (Fsp3) is 0.0833. The molecule has 16 heavy (non-hydrogen) atoms. The Morgan fingerprint density at radius 2 is 2.31 bits per heavy atom. The van der Waals surface area contributed by atoms with Gasteiger partial charge in [-0.1, -0.05) is 17.7 Å². The van der Waals surface area contributed by atoms with E-state index < -0.39 is 0 Å². The first-order valence-corrected chi connectivity index (χ1v) is 5.11. The lowest BCUT2D eigenvalue weighted by Crippen LogP contribution is -1.92. The van der Waals surface area contributed by atoms with Crippen molar-refractivity contribution >= 4 is 34.5 Å². The molecule has 1 N–H and O–H groups in total. The summed E-state index contributed by atoms with van der Waals surface area (Å²) < 4.78 is 4.52. The molecule has 0 spiro atoms. The summed E-state index contributed by atoms with van der Waals surface area (Å²) in [6.45, 7) is 0. The summed E-state index contributed by atoms with van der Waals surface area (Å²) in [5.41, 5.74) is 1.87. The van der Waals surface area contributed by atoms with E-state index in [2.05, 4.69) is 9.72 Å². The molecule has 0 aliphatic carbocycles. The number of carbonyl (C=O) groups excluding carboxylic acids is 1. The molecule has 0 aliphatic rings. The van der Waals surface area contributed by atoms with Crippen LogP contribution in [0.3, 0.4) is 0 Å². The topological polar surface area (TPSA) is 42.1 Å². The number of halogens is 1. The second-order valence-electron chi connectivity index (χ2n) is 3.29. The Labute approximate surface area is 97.7 Å². The van der Waals surface area contributed by atoms with Crippen LogP contribution in [-0.2, 0) is 9.53 Å². The number of aromatic amines is 1. The molecule has 1 aromatic carbocycles. The van der Waals surface area contributed by atoms with Crippen LogP contribution in [0.25, 0.3) is 17.0 Å². The van der Waals surface area contributed by atoms with Gasteiger partial charge in [-0.05, 0) is 18.2 Å². The third kappa shape index (κ3) is 2.09. The number of hydrogen-bond acceptors (Lipinski definition) is 2. The van der Waals surface area contributed by atoms with E-state index in [1.807, 2.05) is 24.4 Å². The van der Waals surface area contributed by atoms with Crippen molar-refractivity contribution in [2.45, 2.75) is 0 Å². The number of methoxy groups -OCH3 is 1. The molecule has 3 nitrogen and oxygen atoms in total. The van der Waals surface area contributed by atoms with Gasteiger partial charge in [0.25, 0.3) is 0 Å². The van der Waals surface area contributed by atoms with Crippen LogP contribution in [0.15, 0.2) is 30.5 Å². The van der Waals surface area contributed by atoms with Gasteiger partial charge in [-0.15, -0.1) is 0 Å². The Bertz CT molecular complexity index is 557. The van der Waals surface area contributed by atoms with Gasteiger partial charge in [0.1, 0.15) is 0 Å². The molecule has 1 heterocycles. The average molecular weight is 236 g/mol. The van der Waals surface area contributed by atoms with Gasteiger partial charge in [0.05, 0.1) is 7.11 Å². The SMILES string of the molecule is COC(=O)/C=C/c1c[nH]c2cc(Cl)ccc12. The first-order valence-electron chi connectivity index (χ1n) is 4.73. The number of ether oxygens (including phenoxy) is 1. The van der Waals surface area contributed by atoms with Crippen LogP contribution in [0.1, 0.15) is 5.56 Å². The van der Waals surface area contributed by atoms with E-state index in [1.54, 1.807) is 6.08 Å². The Kier molecular flexibility index (Phi) is 2.97. The van der Waals surface area contributed by atoms with Crippen molar-refractivity contribution in [1.82, 2.24) is 4.98 Å². The first-order chi connectivity index (χ1) is 7.70. The van der Waals surface area contributed by atoms with Crippen molar-refractivity contribution in [2.24, 2.45) is 0 Å².